The number of methoxy groups -OCH3 is 2. The summed E-state index contributed by atoms with van der Waals surface area (Å²) in [5.41, 5.74) is 0.405. The van der Waals surface area contributed by atoms with Crippen LogP contribution < -0.4 is 19.1 Å². The summed E-state index contributed by atoms with van der Waals surface area (Å²) in [6.07, 6.45) is 0. The Balaban J connectivity index is 2.00. The molecule has 0 fully saturated rings. The van der Waals surface area contributed by atoms with Gasteiger partial charge in [-0.05, 0) is 36.4 Å². The smallest absolute Gasteiger partial charge is 0.264 e. The Labute approximate surface area is 196 Å². The van der Waals surface area contributed by atoms with E-state index in [1.54, 1.807) is 42.5 Å². The number of halogens is 2. The second-order valence-corrected chi connectivity index (χ2v) is 9.16. The maximum Gasteiger partial charge on any atom is 0.264 e. The zero-order valence-corrected chi connectivity index (χ0v) is 19.5. The van der Waals surface area contributed by atoms with E-state index in [0.717, 1.165) is 4.31 Å². The van der Waals surface area contributed by atoms with Crippen LogP contribution in [0.5, 0.6) is 11.5 Å². The highest BCUT2D eigenvalue weighted by Crippen LogP contribution is 2.35. The van der Waals surface area contributed by atoms with Gasteiger partial charge in [0.2, 0.25) is 5.91 Å². The molecule has 3 aromatic carbocycles. The molecule has 3 aromatic rings. The normalized spacial score (nSPS) is 11.0. The number of sulfonamides is 1. The fourth-order valence-corrected chi connectivity index (χ4v) is 4.84. The number of nitrogens with zero attached hydrogens (tertiary/aromatic N) is 1. The van der Waals surface area contributed by atoms with Gasteiger partial charge < -0.3 is 14.8 Å². The van der Waals surface area contributed by atoms with Crippen molar-refractivity contribution >= 4 is 50.5 Å². The molecule has 32 heavy (non-hydrogen) atoms. The third-order valence-electron chi connectivity index (χ3n) is 4.50. The standard InChI is InChI=1S/C22H20Cl2N2O5S/c1-30-15-11-12-20(31-2)18(13-15)25-21(27)14-26(19-10-6-9-17(23)22(19)24)32(28,29)16-7-4-3-5-8-16/h3-13H,14H2,1-2H3,(H,25,27). The first-order valence-corrected chi connectivity index (χ1v) is 11.5. The lowest BCUT2D eigenvalue weighted by Gasteiger charge is -2.25. The Kier molecular flexibility index (Phi) is 7.50. The van der Waals surface area contributed by atoms with Crippen molar-refractivity contribution in [2.45, 2.75) is 4.90 Å². The van der Waals surface area contributed by atoms with Crippen LogP contribution in [-0.4, -0.2) is 35.1 Å². The Morgan fingerprint density at radius 1 is 0.969 bits per heavy atom. The molecular weight excluding hydrogens is 475 g/mol. The van der Waals surface area contributed by atoms with E-state index in [4.69, 9.17) is 32.7 Å². The van der Waals surface area contributed by atoms with Crippen LogP contribution in [0.1, 0.15) is 0 Å². The van der Waals surface area contributed by atoms with Gasteiger partial charge in [0.1, 0.15) is 18.0 Å². The summed E-state index contributed by atoms with van der Waals surface area (Å²) >= 11 is 12.4. The molecule has 0 radical (unpaired) electrons. The lowest BCUT2D eigenvalue weighted by molar-refractivity contribution is -0.114. The van der Waals surface area contributed by atoms with Crippen molar-refractivity contribution in [1.29, 1.82) is 0 Å². The average molecular weight is 495 g/mol. The summed E-state index contributed by atoms with van der Waals surface area (Å²) in [6.45, 7) is -0.558. The molecule has 0 aliphatic heterocycles. The maximum absolute atomic E-state index is 13.4. The third-order valence-corrected chi connectivity index (χ3v) is 7.08. The van der Waals surface area contributed by atoms with E-state index < -0.39 is 22.5 Å². The average Bonchev–Trinajstić information content (AvgIpc) is 2.80. The van der Waals surface area contributed by atoms with Crippen LogP contribution in [0, 0.1) is 0 Å². The molecule has 0 bridgehead atoms. The first-order valence-electron chi connectivity index (χ1n) is 9.31. The van der Waals surface area contributed by atoms with Crippen LogP contribution in [0.2, 0.25) is 10.0 Å². The summed E-state index contributed by atoms with van der Waals surface area (Å²) < 4.78 is 38.2. The molecule has 10 heteroatoms. The number of carbonyl (C=O) groups is 1. The molecule has 0 aliphatic carbocycles. The summed E-state index contributed by atoms with van der Waals surface area (Å²) in [4.78, 5) is 13.0. The van der Waals surface area contributed by atoms with Crippen molar-refractivity contribution in [2.24, 2.45) is 0 Å². The predicted octanol–water partition coefficient (Wildman–Crippen LogP) is 4.84. The van der Waals surface area contributed by atoms with Gasteiger partial charge in [0.25, 0.3) is 10.0 Å². The van der Waals surface area contributed by atoms with E-state index in [1.807, 2.05) is 0 Å². The number of amides is 1. The Hall–Kier alpha value is -2.94. The summed E-state index contributed by atoms with van der Waals surface area (Å²) in [5, 5.41) is 2.84. The molecule has 0 aromatic heterocycles. The second kappa shape index (κ2) is 10.1. The molecule has 0 saturated carbocycles. The Bertz CT molecular complexity index is 1220. The number of carbonyl (C=O) groups excluding carboxylic acids is 1. The molecule has 0 spiro atoms. The zero-order valence-electron chi connectivity index (χ0n) is 17.2. The molecule has 1 amide bonds. The Morgan fingerprint density at radius 2 is 1.69 bits per heavy atom. The number of benzene rings is 3. The fraction of sp³-hybridized carbons (Fsp3) is 0.136. The van der Waals surface area contributed by atoms with Gasteiger partial charge in [0.05, 0.1) is 40.5 Å². The van der Waals surface area contributed by atoms with Crippen molar-refractivity contribution in [3.63, 3.8) is 0 Å². The molecule has 0 saturated heterocycles. The van der Waals surface area contributed by atoms with Crippen LogP contribution in [0.3, 0.4) is 0 Å². The van der Waals surface area contributed by atoms with Gasteiger partial charge in [-0.25, -0.2) is 8.42 Å². The van der Waals surface area contributed by atoms with Crippen LogP contribution in [-0.2, 0) is 14.8 Å². The molecule has 0 heterocycles. The number of rotatable bonds is 8. The number of nitrogens with one attached hydrogen (secondary N) is 1. The van der Waals surface area contributed by atoms with Gasteiger partial charge in [0, 0.05) is 6.07 Å². The van der Waals surface area contributed by atoms with Gasteiger partial charge in [-0.15, -0.1) is 0 Å². The molecule has 0 aliphatic rings. The van der Waals surface area contributed by atoms with Crippen molar-refractivity contribution < 1.29 is 22.7 Å². The third kappa shape index (κ3) is 5.09. The van der Waals surface area contributed by atoms with Gasteiger partial charge >= 0.3 is 0 Å². The number of hydrogen-bond donors (Lipinski definition) is 1. The monoisotopic (exact) mass is 494 g/mol. The van der Waals surface area contributed by atoms with Crippen molar-refractivity contribution in [1.82, 2.24) is 0 Å². The van der Waals surface area contributed by atoms with Gasteiger partial charge in [-0.1, -0.05) is 47.5 Å². The highest BCUT2D eigenvalue weighted by atomic mass is 35.5. The van der Waals surface area contributed by atoms with Gasteiger partial charge in [0.15, 0.2) is 0 Å². The summed E-state index contributed by atoms with van der Waals surface area (Å²) in [6, 6.07) is 17.2. The largest absolute Gasteiger partial charge is 0.497 e. The topological polar surface area (TPSA) is 84.9 Å². The van der Waals surface area contributed by atoms with Crippen LogP contribution in [0.15, 0.2) is 71.6 Å². The number of anilines is 2. The number of ether oxygens (including phenoxy) is 2. The molecule has 7 nitrogen and oxygen atoms in total. The van der Waals surface area contributed by atoms with Gasteiger partial charge in [-0.2, -0.15) is 0 Å². The van der Waals surface area contributed by atoms with Gasteiger partial charge in [-0.3, -0.25) is 9.10 Å². The molecule has 1 N–H and O–H groups in total. The number of hydrogen-bond acceptors (Lipinski definition) is 5. The highest BCUT2D eigenvalue weighted by Gasteiger charge is 2.29. The zero-order chi connectivity index (χ0) is 23.3. The second-order valence-electron chi connectivity index (χ2n) is 6.51. The first-order chi connectivity index (χ1) is 15.3. The van der Waals surface area contributed by atoms with E-state index >= 15 is 0 Å². The van der Waals surface area contributed by atoms with E-state index in [0.29, 0.717) is 17.2 Å². The minimum absolute atomic E-state index is 0.00260. The first kappa shape index (κ1) is 23.7. The molecule has 168 valence electrons. The molecule has 0 unspecified atom stereocenters. The highest BCUT2D eigenvalue weighted by molar-refractivity contribution is 7.92. The molecule has 3 rings (SSSR count). The SMILES string of the molecule is COc1ccc(OC)c(NC(=O)CN(c2cccc(Cl)c2Cl)S(=O)(=O)c2ccccc2)c1. The quantitative estimate of drug-likeness (QED) is 0.483. The van der Waals surface area contributed by atoms with Crippen molar-refractivity contribution in [3.05, 3.63) is 76.8 Å². The predicted molar refractivity (Wildman–Crippen MR) is 126 cm³/mol. The van der Waals surface area contributed by atoms with E-state index in [-0.39, 0.29) is 20.6 Å². The van der Waals surface area contributed by atoms with E-state index in [1.165, 1.54) is 38.5 Å². The molecular formula is C22H20Cl2N2O5S. The van der Waals surface area contributed by atoms with E-state index in [2.05, 4.69) is 5.32 Å². The lowest BCUT2D eigenvalue weighted by Crippen LogP contribution is -2.38. The van der Waals surface area contributed by atoms with Crippen LogP contribution in [0.25, 0.3) is 0 Å². The van der Waals surface area contributed by atoms with Crippen molar-refractivity contribution in [2.75, 3.05) is 30.4 Å². The summed E-state index contributed by atoms with van der Waals surface area (Å²) in [7, 11) is -1.19. The minimum Gasteiger partial charge on any atom is -0.497 e. The van der Waals surface area contributed by atoms with Crippen LogP contribution >= 0.6 is 23.2 Å². The summed E-state index contributed by atoms with van der Waals surface area (Å²) in [5.74, 6) is 0.261. The van der Waals surface area contributed by atoms with E-state index in [9.17, 15) is 13.2 Å². The lowest BCUT2D eigenvalue weighted by atomic mass is 10.2. The molecule has 0 atom stereocenters. The maximum atomic E-state index is 13.4. The van der Waals surface area contributed by atoms with Crippen LogP contribution in [0.4, 0.5) is 11.4 Å². The van der Waals surface area contributed by atoms with Crippen molar-refractivity contribution in [3.8, 4) is 11.5 Å². The Morgan fingerprint density at radius 3 is 2.34 bits per heavy atom. The fourth-order valence-electron chi connectivity index (χ4n) is 2.94. The minimum atomic E-state index is -4.14.